The second-order valence-corrected chi connectivity index (χ2v) is 5.37. The predicted octanol–water partition coefficient (Wildman–Crippen LogP) is 3.38. The maximum Gasteiger partial charge on any atom is 0.148 e. The third-order valence-corrected chi connectivity index (χ3v) is 3.33. The van der Waals surface area contributed by atoms with Crippen LogP contribution in [0.5, 0.6) is 0 Å². The molecule has 0 saturated heterocycles. The first-order valence-electron chi connectivity index (χ1n) is 4.71. The van der Waals surface area contributed by atoms with Gasteiger partial charge in [0.15, 0.2) is 0 Å². The first-order valence-corrected chi connectivity index (χ1v) is 5.47. The number of hydrogen-bond acceptors (Lipinski definition) is 2. The Morgan fingerprint density at radius 1 is 1.20 bits per heavy atom. The number of hydrogen-bond donors (Lipinski definition) is 0. The Hall–Kier alpha value is -0.780. The lowest BCUT2D eigenvalue weighted by molar-refractivity contribution is 0.392. The van der Waals surface area contributed by atoms with Crippen LogP contribution in [0.4, 0.5) is 0 Å². The molecule has 0 bridgehead atoms. The summed E-state index contributed by atoms with van der Waals surface area (Å²) >= 11 is 11.9. The van der Waals surface area contributed by atoms with Crippen molar-refractivity contribution in [3.05, 3.63) is 27.0 Å². The summed E-state index contributed by atoms with van der Waals surface area (Å²) in [7, 11) is 0. The zero-order chi connectivity index (χ0) is 11.2. The summed E-state index contributed by atoms with van der Waals surface area (Å²) in [6, 6.07) is 2.11. The number of pyridine rings is 1. The molecular formula is C11H10Cl2N2. The van der Waals surface area contributed by atoms with Crippen LogP contribution in [-0.2, 0) is 12.8 Å². The van der Waals surface area contributed by atoms with E-state index in [0.717, 1.165) is 24.0 Å². The minimum absolute atomic E-state index is 0.143. The van der Waals surface area contributed by atoms with Crippen molar-refractivity contribution >= 4 is 23.2 Å². The molecule has 0 amide bonds. The van der Waals surface area contributed by atoms with Gasteiger partial charge in [-0.3, -0.25) is 0 Å². The Balaban J connectivity index is 2.68. The molecule has 1 aliphatic carbocycles. The molecule has 0 radical (unpaired) electrons. The molecule has 0 aromatic carbocycles. The van der Waals surface area contributed by atoms with Crippen LogP contribution in [0, 0.1) is 16.7 Å². The van der Waals surface area contributed by atoms with E-state index in [1.165, 1.54) is 0 Å². The van der Waals surface area contributed by atoms with Gasteiger partial charge in [-0.15, -0.1) is 0 Å². The summed E-state index contributed by atoms with van der Waals surface area (Å²) in [4.78, 5) is 3.99. The number of nitriles is 1. The minimum Gasteiger partial charge on any atom is -0.223 e. The van der Waals surface area contributed by atoms with Crippen molar-refractivity contribution in [1.82, 2.24) is 4.98 Å². The highest BCUT2D eigenvalue weighted by atomic mass is 35.5. The van der Waals surface area contributed by atoms with Gasteiger partial charge in [0.25, 0.3) is 0 Å². The average molecular weight is 241 g/mol. The lowest BCUT2D eigenvalue weighted by Crippen LogP contribution is -2.09. The Morgan fingerprint density at radius 2 is 1.80 bits per heavy atom. The SMILES string of the molecule is CC1(C)Cc2c(Cl)nc(Cl)c(C#N)c2C1. The zero-order valence-corrected chi connectivity index (χ0v) is 10.1. The molecule has 15 heavy (non-hydrogen) atoms. The second kappa shape index (κ2) is 3.37. The van der Waals surface area contributed by atoms with E-state index in [4.69, 9.17) is 28.5 Å². The maximum absolute atomic E-state index is 9.03. The van der Waals surface area contributed by atoms with E-state index in [1.807, 2.05) is 0 Å². The first kappa shape index (κ1) is 10.7. The molecule has 0 saturated carbocycles. The van der Waals surface area contributed by atoms with Gasteiger partial charge in [-0.1, -0.05) is 37.0 Å². The molecule has 0 spiro atoms. The van der Waals surface area contributed by atoms with Gasteiger partial charge in [-0.05, 0) is 29.4 Å². The van der Waals surface area contributed by atoms with Crippen molar-refractivity contribution in [2.75, 3.05) is 0 Å². The van der Waals surface area contributed by atoms with Crippen molar-refractivity contribution in [3.63, 3.8) is 0 Å². The number of fused-ring (bicyclic) bond motifs is 1. The third-order valence-electron chi connectivity index (χ3n) is 2.74. The van der Waals surface area contributed by atoms with Crippen LogP contribution in [0.3, 0.4) is 0 Å². The van der Waals surface area contributed by atoms with Gasteiger partial charge in [0.05, 0.1) is 5.56 Å². The zero-order valence-electron chi connectivity index (χ0n) is 8.56. The monoisotopic (exact) mass is 240 g/mol. The van der Waals surface area contributed by atoms with Crippen LogP contribution in [0.2, 0.25) is 10.3 Å². The fraction of sp³-hybridized carbons (Fsp3) is 0.455. The standard InChI is InChI=1S/C11H10Cl2N2/c1-11(2)3-6-7(4-11)9(12)15-10(13)8(6)5-14/h3-4H2,1-2H3. The molecule has 1 heterocycles. The molecule has 4 heteroatoms. The van der Waals surface area contributed by atoms with E-state index in [-0.39, 0.29) is 10.6 Å². The summed E-state index contributed by atoms with van der Waals surface area (Å²) in [5.41, 5.74) is 2.60. The van der Waals surface area contributed by atoms with Crippen LogP contribution in [0.1, 0.15) is 30.5 Å². The molecule has 1 aromatic heterocycles. The van der Waals surface area contributed by atoms with Crippen LogP contribution < -0.4 is 0 Å². The molecule has 0 atom stereocenters. The normalized spacial score (nSPS) is 17.3. The minimum atomic E-state index is 0.143. The number of halogens is 2. The average Bonchev–Trinajstić information content (AvgIpc) is 2.42. The molecule has 78 valence electrons. The van der Waals surface area contributed by atoms with E-state index in [9.17, 15) is 0 Å². The molecule has 0 fully saturated rings. The summed E-state index contributed by atoms with van der Waals surface area (Å²) in [6.45, 7) is 4.30. The first-order chi connectivity index (χ1) is 6.94. The molecular weight excluding hydrogens is 231 g/mol. The molecule has 0 N–H and O–H groups in total. The van der Waals surface area contributed by atoms with Crippen LogP contribution in [-0.4, -0.2) is 4.98 Å². The highest BCUT2D eigenvalue weighted by Crippen LogP contribution is 2.41. The Labute approximate surface area is 98.8 Å². The summed E-state index contributed by atoms with van der Waals surface area (Å²) in [6.07, 6.45) is 1.70. The van der Waals surface area contributed by atoms with Gasteiger partial charge in [0, 0.05) is 0 Å². The van der Waals surface area contributed by atoms with Gasteiger partial charge in [0.1, 0.15) is 16.4 Å². The molecule has 1 aliphatic rings. The van der Waals surface area contributed by atoms with Crippen molar-refractivity contribution in [3.8, 4) is 6.07 Å². The number of nitrogens with zero attached hydrogens (tertiary/aromatic N) is 2. The van der Waals surface area contributed by atoms with E-state index in [1.54, 1.807) is 0 Å². The van der Waals surface area contributed by atoms with Crippen molar-refractivity contribution in [2.45, 2.75) is 26.7 Å². The largest absolute Gasteiger partial charge is 0.223 e. The van der Waals surface area contributed by atoms with E-state index >= 15 is 0 Å². The van der Waals surface area contributed by atoms with Crippen molar-refractivity contribution in [1.29, 1.82) is 5.26 Å². The maximum atomic E-state index is 9.03. The number of aromatic nitrogens is 1. The molecule has 2 nitrogen and oxygen atoms in total. The predicted molar refractivity (Wildman–Crippen MR) is 60.2 cm³/mol. The Kier molecular flexibility index (Phi) is 2.41. The topological polar surface area (TPSA) is 36.7 Å². The van der Waals surface area contributed by atoms with Crippen molar-refractivity contribution < 1.29 is 0 Å². The highest BCUT2D eigenvalue weighted by Gasteiger charge is 2.33. The van der Waals surface area contributed by atoms with Crippen LogP contribution >= 0.6 is 23.2 Å². The third kappa shape index (κ3) is 1.71. The fourth-order valence-electron chi connectivity index (χ4n) is 2.12. The van der Waals surface area contributed by atoms with Crippen LogP contribution in [0.15, 0.2) is 0 Å². The Bertz CT molecular complexity index is 472. The highest BCUT2D eigenvalue weighted by molar-refractivity contribution is 6.33. The fourth-order valence-corrected chi connectivity index (χ4v) is 2.67. The van der Waals surface area contributed by atoms with Gasteiger partial charge in [0.2, 0.25) is 0 Å². The Morgan fingerprint density at radius 3 is 2.40 bits per heavy atom. The molecule has 0 unspecified atom stereocenters. The quantitative estimate of drug-likeness (QED) is 0.653. The molecule has 0 aliphatic heterocycles. The van der Waals surface area contributed by atoms with E-state index in [2.05, 4.69) is 24.9 Å². The van der Waals surface area contributed by atoms with Crippen molar-refractivity contribution in [2.24, 2.45) is 5.41 Å². The van der Waals surface area contributed by atoms with Gasteiger partial charge >= 0.3 is 0 Å². The van der Waals surface area contributed by atoms with Gasteiger partial charge < -0.3 is 0 Å². The summed E-state index contributed by atoms with van der Waals surface area (Å²) in [5.74, 6) is 0. The van der Waals surface area contributed by atoms with E-state index in [0.29, 0.717) is 10.7 Å². The molecule has 1 aromatic rings. The van der Waals surface area contributed by atoms with E-state index < -0.39 is 0 Å². The second-order valence-electron chi connectivity index (χ2n) is 4.66. The summed E-state index contributed by atoms with van der Waals surface area (Å²) < 4.78 is 0. The summed E-state index contributed by atoms with van der Waals surface area (Å²) in [5, 5.41) is 9.69. The van der Waals surface area contributed by atoms with Gasteiger partial charge in [-0.2, -0.15) is 5.26 Å². The lowest BCUT2D eigenvalue weighted by Gasteiger charge is -2.14. The number of rotatable bonds is 0. The lowest BCUT2D eigenvalue weighted by atomic mass is 9.90. The van der Waals surface area contributed by atoms with Gasteiger partial charge in [-0.25, -0.2) is 4.98 Å². The smallest absolute Gasteiger partial charge is 0.148 e. The van der Waals surface area contributed by atoms with Crippen LogP contribution in [0.25, 0.3) is 0 Å². The molecule has 2 rings (SSSR count).